The van der Waals surface area contributed by atoms with Crippen LogP contribution in [0.2, 0.25) is 0 Å². The average Bonchev–Trinajstić information content (AvgIpc) is 2.65. The molecule has 148 valence electrons. The van der Waals surface area contributed by atoms with Crippen molar-refractivity contribution < 1.29 is 75.9 Å². The molecule has 0 amide bonds. The largest absolute Gasteiger partial charge is 0.219 e. The standard InChI is InChI=1S/H3N11O15/c1-2-3-4-5-6-7-8-9-10-11(14-18-22-24-20-16-12)15-19-23-26-25-21-17-13/h1,12-13H/b2-1?,4-3+,6-5+,8-7+,10-9+. The van der Waals surface area contributed by atoms with Crippen LogP contribution >= 0.6 is 0 Å². The Morgan fingerprint density at radius 1 is 0.538 bits per heavy atom. The van der Waals surface area contributed by atoms with Gasteiger partial charge in [0.1, 0.15) is 0 Å². The van der Waals surface area contributed by atoms with Crippen molar-refractivity contribution in [2.75, 3.05) is 0 Å². The highest BCUT2D eigenvalue weighted by Crippen LogP contribution is 2.00. The van der Waals surface area contributed by atoms with Crippen molar-refractivity contribution in [3.63, 3.8) is 0 Å². The zero-order chi connectivity index (χ0) is 19.1. The summed E-state index contributed by atoms with van der Waals surface area (Å²) >= 11 is 0. The second kappa shape index (κ2) is 20.2. The molecule has 0 spiro atoms. The van der Waals surface area contributed by atoms with Gasteiger partial charge in [-0.05, 0) is 91.5 Å². The molecule has 26 heavy (non-hydrogen) atoms. The van der Waals surface area contributed by atoms with E-state index in [0.29, 0.717) is 0 Å². The summed E-state index contributed by atoms with van der Waals surface area (Å²) < 4.78 is 0. The summed E-state index contributed by atoms with van der Waals surface area (Å²) in [6.07, 6.45) is 0. The van der Waals surface area contributed by atoms with Crippen molar-refractivity contribution in [3.05, 3.63) is 0 Å². The van der Waals surface area contributed by atoms with Crippen molar-refractivity contribution in [2.45, 2.75) is 0 Å². The fourth-order valence-corrected chi connectivity index (χ4v) is 0.361. The maximum atomic E-state index is 7.66. The molecule has 0 unspecified atom stereocenters. The summed E-state index contributed by atoms with van der Waals surface area (Å²) in [5, 5.41) is 77.4. The Bertz CT molecular complexity index is 420. The first-order chi connectivity index (χ1) is 12.8. The zero-order valence-electron chi connectivity index (χ0n) is 11.2. The second-order valence-corrected chi connectivity index (χ2v) is 1.96. The summed E-state index contributed by atoms with van der Waals surface area (Å²) in [4.78, 5) is 7.89. The lowest BCUT2D eigenvalue weighted by Crippen LogP contribution is -2.19. The van der Waals surface area contributed by atoms with E-state index in [2.05, 4.69) is 112 Å². The smallest absolute Gasteiger partial charge is 0.0559 e. The van der Waals surface area contributed by atoms with E-state index < -0.39 is 0 Å². The highest BCUT2D eigenvalue weighted by Gasteiger charge is 2.09. The quantitative estimate of drug-likeness (QED) is 0.124. The van der Waals surface area contributed by atoms with Gasteiger partial charge in [-0.3, -0.25) is 0 Å². The third-order valence-corrected chi connectivity index (χ3v) is 0.841. The molecule has 0 heterocycles. The minimum absolute atomic E-state index is 0.245. The Hall–Kier alpha value is -2.80. The molecule has 0 aliphatic heterocycles. The van der Waals surface area contributed by atoms with Crippen LogP contribution in [-0.2, 0) is 65.4 Å². The van der Waals surface area contributed by atoms with Gasteiger partial charge in [-0.15, -0.1) is 0 Å². The second-order valence-electron chi connectivity index (χ2n) is 1.96. The van der Waals surface area contributed by atoms with Crippen LogP contribution in [0.1, 0.15) is 0 Å². The maximum Gasteiger partial charge on any atom is 0.0559 e. The molecule has 3 N–H and O–H groups in total. The van der Waals surface area contributed by atoms with Crippen LogP contribution in [0.3, 0.4) is 0 Å². The molecule has 0 rings (SSSR count). The Balaban J connectivity index is 4.17. The fraction of sp³-hybridized carbons (Fsp3) is 0. The van der Waals surface area contributed by atoms with Gasteiger partial charge in [0.2, 0.25) is 0 Å². The molecule has 0 aromatic carbocycles. The summed E-state index contributed by atoms with van der Waals surface area (Å²) in [6, 6.07) is 0. The molecule has 0 aliphatic rings. The molecule has 0 aliphatic carbocycles. The van der Waals surface area contributed by atoms with Crippen molar-refractivity contribution in [2.24, 2.45) is 47.0 Å². The molecule has 26 heteroatoms. The van der Waals surface area contributed by atoms with Crippen LogP contribution in [0.5, 0.6) is 0 Å². The van der Waals surface area contributed by atoms with E-state index >= 15 is 0 Å². The van der Waals surface area contributed by atoms with Gasteiger partial charge in [-0.25, -0.2) is 10.5 Å². The SMILES string of the molecule is N=N/N=N/N=N/N=N/N=N/N(OOOOOOO)OOOOOOOO. The highest BCUT2D eigenvalue weighted by atomic mass is 17.9. The van der Waals surface area contributed by atoms with E-state index in [-0.39, 0.29) is 5.34 Å². The van der Waals surface area contributed by atoms with Crippen LogP contribution in [0, 0.1) is 5.53 Å². The van der Waals surface area contributed by atoms with Gasteiger partial charge in [0.15, 0.2) is 0 Å². The Morgan fingerprint density at radius 3 is 1.46 bits per heavy atom. The molecule has 0 bridgehead atoms. The topological polar surface area (TPSA) is 299 Å². The summed E-state index contributed by atoms with van der Waals surface area (Å²) in [6.45, 7) is 0. The maximum absolute atomic E-state index is 7.66. The van der Waals surface area contributed by atoms with Gasteiger partial charge in [-0.1, -0.05) is 0 Å². The summed E-state index contributed by atoms with van der Waals surface area (Å²) in [7, 11) is 0. The predicted molar refractivity (Wildman–Crippen MR) is 45.8 cm³/mol. The predicted octanol–water partition coefficient (Wildman–Crippen LogP) is 0.760. The number of hydrogen-bond donors (Lipinski definition) is 3. The van der Waals surface area contributed by atoms with E-state index in [0.717, 1.165) is 0 Å². The Morgan fingerprint density at radius 2 is 0.962 bits per heavy atom. The first kappa shape index (κ1) is 23.2. The summed E-state index contributed by atoms with van der Waals surface area (Å²) in [5.41, 5.74) is 6.21. The van der Waals surface area contributed by atoms with Gasteiger partial charge < -0.3 is 0 Å². The van der Waals surface area contributed by atoms with Crippen LogP contribution in [-0.4, -0.2) is 15.8 Å². The lowest BCUT2D eigenvalue weighted by atomic mass is 12.3. The van der Waals surface area contributed by atoms with E-state index in [1.807, 2.05) is 0 Å². The van der Waals surface area contributed by atoms with Crippen LogP contribution in [0.15, 0.2) is 47.0 Å². The van der Waals surface area contributed by atoms with E-state index in [9.17, 15) is 0 Å². The number of nitrogens with zero attached hydrogens (tertiary/aromatic N) is 10. The minimum Gasteiger partial charge on any atom is -0.219 e. The number of rotatable bonds is 18. The molecule has 0 saturated heterocycles. The normalized spacial score (nSPS) is 12.2. The first-order valence-electron chi connectivity index (χ1n) is 4.59. The molecular formula is H3N11O15. The average molecular weight is 397 g/mol. The number of hydrogen-bond acceptors (Lipinski definition) is 17. The summed E-state index contributed by atoms with van der Waals surface area (Å²) in [5.74, 6) is 0. The van der Waals surface area contributed by atoms with Crippen molar-refractivity contribution >= 4 is 0 Å². The molecule has 0 fully saturated rings. The van der Waals surface area contributed by atoms with Crippen molar-refractivity contribution in [1.82, 2.24) is 5.34 Å². The van der Waals surface area contributed by atoms with Gasteiger partial charge in [0.25, 0.3) is 0 Å². The third-order valence-electron chi connectivity index (χ3n) is 0.841. The Kier molecular flexibility index (Phi) is 18.1. The monoisotopic (exact) mass is 397 g/mol. The molecule has 0 aromatic heterocycles. The molecule has 26 nitrogen and oxygen atoms in total. The van der Waals surface area contributed by atoms with Crippen LogP contribution in [0.25, 0.3) is 0 Å². The highest BCUT2D eigenvalue weighted by molar-refractivity contribution is 4.09. The van der Waals surface area contributed by atoms with E-state index in [1.54, 1.807) is 0 Å². The molecule has 0 radical (unpaired) electrons. The number of nitrogens with one attached hydrogen (secondary N) is 1. The molecular weight excluding hydrogens is 394 g/mol. The van der Waals surface area contributed by atoms with Crippen LogP contribution in [0.4, 0.5) is 0 Å². The fourth-order valence-electron chi connectivity index (χ4n) is 0.361. The van der Waals surface area contributed by atoms with Gasteiger partial charge in [-0.2, -0.15) is 5.53 Å². The minimum atomic E-state index is -0.245. The van der Waals surface area contributed by atoms with Crippen molar-refractivity contribution in [1.29, 1.82) is 5.53 Å². The Labute approximate surface area is 135 Å². The third kappa shape index (κ3) is 17.6. The van der Waals surface area contributed by atoms with Gasteiger partial charge in [0.05, 0.1) is 5.34 Å². The molecule has 0 aromatic rings. The lowest BCUT2D eigenvalue weighted by Gasteiger charge is -2.07. The zero-order valence-corrected chi connectivity index (χ0v) is 11.2. The van der Waals surface area contributed by atoms with Crippen molar-refractivity contribution in [3.8, 4) is 0 Å². The first-order valence-corrected chi connectivity index (χ1v) is 4.59. The van der Waals surface area contributed by atoms with E-state index in [4.69, 9.17) is 16.0 Å². The van der Waals surface area contributed by atoms with E-state index in [1.165, 1.54) is 0 Å². The molecule has 0 saturated carbocycles. The molecule has 0 atom stereocenters. The van der Waals surface area contributed by atoms with Crippen LogP contribution < -0.4 is 0 Å². The lowest BCUT2D eigenvalue weighted by molar-refractivity contribution is -0.849. The van der Waals surface area contributed by atoms with Gasteiger partial charge >= 0.3 is 0 Å². The van der Waals surface area contributed by atoms with Gasteiger partial charge in [0, 0.05) is 20.9 Å².